The van der Waals surface area contributed by atoms with Gasteiger partial charge < -0.3 is 10.3 Å². The Morgan fingerprint density at radius 1 is 1.47 bits per heavy atom. The number of hydrogen-bond acceptors (Lipinski definition) is 3. The quantitative estimate of drug-likeness (QED) is 0.902. The van der Waals surface area contributed by atoms with Gasteiger partial charge in [0.05, 0.1) is 6.33 Å². The first kappa shape index (κ1) is 12.6. The summed E-state index contributed by atoms with van der Waals surface area (Å²) in [5.41, 5.74) is -0.140. The second-order valence-electron chi connectivity index (χ2n) is 4.73. The molecule has 1 atom stereocenters. The largest absolute Gasteiger partial charge is 0.366 e. The SMILES string of the molecule is CC(Nc1nc[nH]c(=O)c1Br)C1CCCCC1. The van der Waals surface area contributed by atoms with Crippen LogP contribution in [0, 0.1) is 5.92 Å². The molecule has 17 heavy (non-hydrogen) atoms. The van der Waals surface area contributed by atoms with Crippen molar-refractivity contribution in [3.05, 3.63) is 21.2 Å². The second kappa shape index (κ2) is 5.67. The summed E-state index contributed by atoms with van der Waals surface area (Å²) < 4.78 is 0.489. The van der Waals surface area contributed by atoms with Gasteiger partial charge in [-0.15, -0.1) is 0 Å². The smallest absolute Gasteiger partial charge is 0.267 e. The van der Waals surface area contributed by atoms with Gasteiger partial charge in [0.15, 0.2) is 0 Å². The van der Waals surface area contributed by atoms with E-state index in [1.807, 2.05) is 0 Å². The molecule has 1 saturated carbocycles. The van der Waals surface area contributed by atoms with Gasteiger partial charge in [-0.3, -0.25) is 4.79 Å². The number of aromatic nitrogens is 2. The van der Waals surface area contributed by atoms with Crippen molar-refractivity contribution in [1.82, 2.24) is 9.97 Å². The Balaban J connectivity index is 2.04. The molecule has 2 N–H and O–H groups in total. The van der Waals surface area contributed by atoms with E-state index in [9.17, 15) is 4.79 Å². The molecule has 0 spiro atoms. The second-order valence-corrected chi connectivity index (χ2v) is 5.52. The molecule has 0 radical (unpaired) electrons. The van der Waals surface area contributed by atoms with Gasteiger partial charge in [-0.05, 0) is 41.6 Å². The maximum atomic E-state index is 11.4. The minimum atomic E-state index is -0.140. The lowest BCUT2D eigenvalue weighted by Gasteiger charge is -2.28. The lowest BCUT2D eigenvalue weighted by atomic mass is 9.84. The molecule has 0 aliphatic heterocycles. The zero-order chi connectivity index (χ0) is 12.3. The standard InChI is InChI=1S/C12H18BrN3O/c1-8(9-5-3-2-4-6-9)16-11-10(13)12(17)15-7-14-11/h7-9H,2-6H2,1H3,(H2,14,15,16,17). The fourth-order valence-electron chi connectivity index (χ4n) is 2.45. The van der Waals surface area contributed by atoms with Crippen LogP contribution in [-0.2, 0) is 0 Å². The van der Waals surface area contributed by atoms with Crippen molar-refractivity contribution in [2.75, 3.05) is 5.32 Å². The third-order valence-electron chi connectivity index (χ3n) is 3.52. The van der Waals surface area contributed by atoms with Crippen molar-refractivity contribution in [1.29, 1.82) is 0 Å². The Kier molecular flexibility index (Phi) is 4.20. The molecule has 1 aliphatic rings. The Labute approximate surface area is 109 Å². The fourth-order valence-corrected chi connectivity index (χ4v) is 2.78. The van der Waals surface area contributed by atoms with Crippen LogP contribution in [0.25, 0.3) is 0 Å². The highest BCUT2D eigenvalue weighted by atomic mass is 79.9. The highest BCUT2D eigenvalue weighted by molar-refractivity contribution is 9.10. The van der Waals surface area contributed by atoms with Crippen molar-refractivity contribution in [2.45, 2.75) is 45.1 Å². The van der Waals surface area contributed by atoms with Crippen LogP contribution in [0.5, 0.6) is 0 Å². The summed E-state index contributed by atoms with van der Waals surface area (Å²) in [5.74, 6) is 1.34. The highest BCUT2D eigenvalue weighted by Crippen LogP contribution is 2.28. The third kappa shape index (κ3) is 3.09. The van der Waals surface area contributed by atoms with Gasteiger partial charge in [-0.25, -0.2) is 4.98 Å². The molecule has 1 aliphatic carbocycles. The summed E-state index contributed by atoms with van der Waals surface area (Å²) in [6, 6.07) is 0.362. The molecule has 0 aromatic carbocycles. The first-order valence-electron chi connectivity index (χ1n) is 6.18. The van der Waals surface area contributed by atoms with Crippen LogP contribution in [-0.4, -0.2) is 16.0 Å². The van der Waals surface area contributed by atoms with Crippen LogP contribution in [0.15, 0.2) is 15.6 Å². The van der Waals surface area contributed by atoms with Gasteiger partial charge in [-0.1, -0.05) is 19.3 Å². The summed E-state index contributed by atoms with van der Waals surface area (Å²) in [7, 11) is 0. The van der Waals surface area contributed by atoms with E-state index in [1.54, 1.807) is 0 Å². The van der Waals surface area contributed by atoms with Gasteiger partial charge >= 0.3 is 0 Å². The molecule has 1 aromatic heterocycles. The normalized spacial score (nSPS) is 18.9. The lowest BCUT2D eigenvalue weighted by Crippen LogP contribution is -2.29. The number of anilines is 1. The van der Waals surface area contributed by atoms with Crippen LogP contribution >= 0.6 is 15.9 Å². The van der Waals surface area contributed by atoms with Crippen molar-refractivity contribution in [3.8, 4) is 0 Å². The van der Waals surface area contributed by atoms with Gasteiger partial charge in [0.1, 0.15) is 10.3 Å². The third-order valence-corrected chi connectivity index (χ3v) is 4.25. The van der Waals surface area contributed by atoms with Crippen LogP contribution in [0.3, 0.4) is 0 Å². The maximum Gasteiger partial charge on any atom is 0.267 e. The predicted molar refractivity (Wildman–Crippen MR) is 72.2 cm³/mol. The number of H-pyrrole nitrogens is 1. The summed E-state index contributed by atoms with van der Waals surface area (Å²) >= 11 is 3.26. The number of nitrogens with zero attached hydrogens (tertiary/aromatic N) is 1. The Morgan fingerprint density at radius 3 is 2.88 bits per heavy atom. The van der Waals surface area contributed by atoms with Crippen molar-refractivity contribution >= 4 is 21.7 Å². The molecule has 1 aromatic rings. The van der Waals surface area contributed by atoms with Crippen molar-refractivity contribution in [2.24, 2.45) is 5.92 Å². The molecule has 0 bridgehead atoms. The molecule has 1 heterocycles. The van der Waals surface area contributed by atoms with E-state index in [2.05, 4.69) is 38.1 Å². The molecule has 94 valence electrons. The average molecular weight is 300 g/mol. The molecule has 0 amide bonds. The van der Waals surface area contributed by atoms with Gasteiger partial charge in [0.25, 0.3) is 5.56 Å². The zero-order valence-corrected chi connectivity index (χ0v) is 11.6. The highest BCUT2D eigenvalue weighted by Gasteiger charge is 2.21. The molecule has 4 nitrogen and oxygen atoms in total. The van der Waals surface area contributed by atoms with Crippen molar-refractivity contribution in [3.63, 3.8) is 0 Å². The van der Waals surface area contributed by atoms with E-state index in [1.165, 1.54) is 38.4 Å². The summed E-state index contributed by atoms with van der Waals surface area (Å²) in [6.45, 7) is 2.17. The van der Waals surface area contributed by atoms with Crippen molar-refractivity contribution < 1.29 is 0 Å². The minimum absolute atomic E-state index is 0.140. The molecule has 0 saturated heterocycles. The summed E-state index contributed by atoms with van der Waals surface area (Å²) in [5, 5.41) is 3.34. The molecule has 2 rings (SSSR count). The maximum absolute atomic E-state index is 11.4. The lowest BCUT2D eigenvalue weighted by molar-refractivity contribution is 0.328. The van der Waals surface area contributed by atoms with E-state index in [4.69, 9.17) is 0 Å². The number of hydrogen-bond donors (Lipinski definition) is 2. The Bertz CT molecular complexity index is 426. The minimum Gasteiger partial charge on any atom is -0.366 e. The van der Waals surface area contributed by atoms with Gasteiger partial charge in [-0.2, -0.15) is 0 Å². The topological polar surface area (TPSA) is 57.8 Å². The number of aromatic amines is 1. The average Bonchev–Trinajstić information content (AvgIpc) is 2.36. The van der Waals surface area contributed by atoms with Crippen LogP contribution in [0.1, 0.15) is 39.0 Å². The zero-order valence-electron chi connectivity index (χ0n) is 10.0. The summed E-state index contributed by atoms with van der Waals surface area (Å²) in [6.07, 6.45) is 7.98. The number of nitrogens with one attached hydrogen (secondary N) is 2. The van der Waals surface area contributed by atoms with E-state index in [0.717, 1.165) is 0 Å². The molecule has 5 heteroatoms. The van der Waals surface area contributed by atoms with Crippen LogP contribution in [0.2, 0.25) is 0 Å². The van der Waals surface area contributed by atoms with E-state index in [0.29, 0.717) is 22.3 Å². The molecular formula is C12H18BrN3O. The molecule has 1 fully saturated rings. The Morgan fingerprint density at radius 2 is 2.18 bits per heavy atom. The van der Waals surface area contributed by atoms with Gasteiger partial charge in [0, 0.05) is 6.04 Å². The predicted octanol–water partition coefficient (Wildman–Crippen LogP) is 2.91. The molecular weight excluding hydrogens is 282 g/mol. The first-order valence-corrected chi connectivity index (χ1v) is 6.97. The van der Waals surface area contributed by atoms with E-state index < -0.39 is 0 Å². The monoisotopic (exact) mass is 299 g/mol. The number of halogens is 1. The van der Waals surface area contributed by atoms with E-state index >= 15 is 0 Å². The Hall–Kier alpha value is -0.840. The fraction of sp³-hybridized carbons (Fsp3) is 0.667. The van der Waals surface area contributed by atoms with Gasteiger partial charge in [0.2, 0.25) is 0 Å². The number of rotatable bonds is 3. The van der Waals surface area contributed by atoms with Crippen LogP contribution < -0.4 is 10.9 Å². The summed E-state index contributed by atoms with van der Waals surface area (Å²) in [4.78, 5) is 18.1. The van der Waals surface area contributed by atoms with E-state index in [-0.39, 0.29) is 5.56 Å². The first-order chi connectivity index (χ1) is 8.18. The van der Waals surface area contributed by atoms with Crippen LogP contribution in [0.4, 0.5) is 5.82 Å². The molecule has 1 unspecified atom stereocenters.